The molecule has 0 spiro atoms. The molecule has 2 N–H and O–H groups in total. The first kappa shape index (κ1) is 15.6. The number of rotatable bonds is 8. The second kappa shape index (κ2) is 7.18. The summed E-state index contributed by atoms with van der Waals surface area (Å²) in [6.45, 7) is 1.50. The molecule has 0 atom stereocenters. The lowest BCUT2D eigenvalue weighted by atomic mass is 10.2. The Morgan fingerprint density at radius 1 is 1.50 bits per heavy atom. The van der Waals surface area contributed by atoms with Gasteiger partial charge in [0.15, 0.2) is 0 Å². The van der Waals surface area contributed by atoms with Crippen LogP contribution in [0.15, 0.2) is 10.3 Å². The molecule has 1 heterocycles. The van der Waals surface area contributed by atoms with Gasteiger partial charge in [0.05, 0.1) is 13.2 Å². The lowest BCUT2D eigenvalue weighted by molar-refractivity contribution is 0.105. The summed E-state index contributed by atoms with van der Waals surface area (Å²) in [6, 6.07) is 0. The lowest BCUT2D eigenvalue weighted by Gasteiger charge is -2.05. The fourth-order valence-corrected chi connectivity index (χ4v) is 4.06. The Kier molecular flexibility index (Phi) is 6.20. The molecule has 7 heteroatoms. The Labute approximate surface area is 111 Å². The van der Waals surface area contributed by atoms with Crippen molar-refractivity contribution in [2.75, 3.05) is 13.3 Å². The van der Waals surface area contributed by atoms with Gasteiger partial charge in [-0.05, 0) is 18.2 Å². The number of hydrogen-bond donors (Lipinski definition) is 1. The lowest BCUT2D eigenvalue weighted by Crippen LogP contribution is -2.15. The van der Waals surface area contributed by atoms with Gasteiger partial charge in [0.25, 0.3) is 0 Å². The smallest absolute Gasteiger partial charge is 0.239 e. The number of ether oxygens (including phenoxy) is 1. The van der Waals surface area contributed by atoms with Crippen LogP contribution >= 0.6 is 11.3 Å². The number of nitrogens with two attached hydrogens (primary N) is 1. The number of primary sulfonamides is 1. The molecule has 0 aromatic carbocycles. The predicted molar refractivity (Wildman–Crippen MR) is 69.9 cm³/mol. The fourth-order valence-electron chi connectivity index (χ4n) is 1.62. The zero-order valence-corrected chi connectivity index (χ0v) is 11.9. The van der Waals surface area contributed by atoms with E-state index in [0.717, 1.165) is 17.7 Å². The van der Waals surface area contributed by atoms with Crippen LogP contribution < -0.4 is 5.14 Å². The minimum absolute atomic E-state index is 0.0375. The first-order chi connectivity index (χ1) is 8.50. The van der Waals surface area contributed by atoms with Crippen molar-refractivity contribution in [2.45, 2.75) is 37.7 Å². The Morgan fingerprint density at radius 3 is 2.78 bits per heavy atom. The van der Waals surface area contributed by atoms with E-state index in [1.807, 2.05) is 6.92 Å². The molecule has 0 aliphatic heterocycles. The van der Waals surface area contributed by atoms with E-state index < -0.39 is 16.7 Å². The molecule has 4 nitrogen and oxygen atoms in total. The van der Waals surface area contributed by atoms with Gasteiger partial charge < -0.3 is 4.74 Å². The van der Waals surface area contributed by atoms with Crippen LogP contribution in [-0.4, -0.2) is 21.7 Å². The first-order valence-corrected chi connectivity index (χ1v) is 8.19. The van der Waals surface area contributed by atoms with Gasteiger partial charge in [-0.25, -0.2) is 17.9 Å². The Morgan fingerprint density at radius 2 is 2.22 bits per heavy atom. The largest absolute Gasteiger partial charge is 0.374 e. The molecule has 0 aliphatic rings. The highest BCUT2D eigenvalue weighted by Gasteiger charge is 2.21. The van der Waals surface area contributed by atoms with Crippen LogP contribution in [0.5, 0.6) is 0 Å². The van der Waals surface area contributed by atoms with Crippen LogP contribution in [0.3, 0.4) is 0 Å². The van der Waals surface area contributed by atoms with Gasteiger partial charge in [-0.3, -0.25) is 0 Å². The minimum Gasteiger partial charge on any atom is -0.374 e. The topological polar surface area (TPSA) is 69.4 Å². The maximum atomic E-state index is 11.9. The number of unbranched alkanes of at least 4 members (excludes halogenated alkanes) is 1. The van der Waals surface area contributed by atoms with E-state index >= 15 is 0 Å². The molecule has 104 valence electrons. The molecule has 1 aromatic rings. The van der Waals surface area contributed by atoms with Crippen molar-refractivity contribution in [3.05, 3.63) is 15.8 Å². The number of sulfonamides is 1. The highest BCUT2D eigenvalue weighted by molar-refractivity contribution is 7.89. The second-order valence-corrected chi connectivity index (χ2v) is 6.37. The average Bonchev–Trinajstić information content (AvgIpc) is 2.69. The van der Waals surface area contributed by atoms with Gasteiger partial charge in [0, 0.05) is 10.4 Å². The third-order valence-electron chi connectivity index (χ3n) is 2.41. The molecule has 1 rings (SSSR count). The third-order valence-corrected chi connectivity index (χ3v) is 4.71. The quantitative estimate of drug-likeness (QED) is 0.748. The molecule has 0 fully saturated rings. The van der Waals surface area contributed by atoms with Crippen molar-refractivity contribution in [2.24, 2.45) is 5.14 Å². The normalized spacial score (nSPS) is 11.9. The van der Waals surface area contributed by atoms with E-state index in [1.54, 1.807) is 5.38 Å². The number of alkyl halides is 1. The van der Waals surface area contributed by atoms with Gasteiger partial charge >= 0.3 is 0 Å². The second-order valence-electron chi connectivity index (χ2n) is 3.90. The zero-order valence-electron chi connectivity index (χ0n) is 10.3. The molecule has 0 saturated carbocycles. The predicted octanol–water partition coefficient (Wildman–Crippen LogP) is 2.22. The first-order valence-electron chi connectivity index (χ1n) is 5.76. The Bertz CT molecular complexity index is 471. The number of hydrogen-bond acceptors (Lipinski definition) is 4. The standard InChI is InChI=1S/C11H18FNO3S2/c1-2-3-4-10-11(18(13,14)15)9(8-17-10)7-16-6-5-12/h8H,2-7H2,1H3,(H2,13,14,15). The van der Waals surface area contributed by atoms with Crippen LogP contribution in [0.2, 0.25) is 0 Å². The summed E-state index contributed by atoms with van der Waals surface area (Å²) in [5, 5.41) is 6.95. The van der Waals surface area contributed by atoms with E-state index in [4.69, 9.17) is 9.88 Å². The van der Waals surface area contributed by atoms with Gasteiger partial charge in [0.2, 0.25) is 10.0 Å². The molecule has 0 amide bonds. The van der Waals surface area contributed by atoms with Gasteiger partial charge in [-0.1, -0.05) is 13.3 Å². The van der Waals surface area contributed by atoms with E-state index in [0.29, 0.717) is 12.0 Å². The average molecular weight is 295 g/mol. The summed E-state index contributed by atoms with van der Waals surface area (Å²) in [7, 11) is -3.75. The summed E-state index contributed by atoms with van der Waals surface area (Å²) < 4.78 is 40.1. The maximum Gasteiger partial charge on any atom is 0.239 e. The van der Waals surface area contributed by atoms with Crippen molar-refractivity contribution in [1.29, 1.82) is 0 Å². The van der Waals surface area contributed by atoms with Crippen molar-refractivity contribution < 1.29 is 17.5 Å². The van der Waals surface area contributed by atoms with E-state index in [1.165, 1.54) is 11.3 Å². The maximum absolute atomic E-state index is 11.9. The number of halogens is 1. The zero-order chi connectivity index (χ0) is 13.6. The van der Waals surface area contributed by atoms with Crippen LogP contribution in [0.4, 0.5) is 4.39 Å². The summed E-state index contributed by atoms with van der Waals surface area (Å²) in [6.07, 6.45) is 2.58. The van der Waals surface area contributed by atoms with Crippen LogP contribution in [-0.2, 0) is 27.8 Å². The molecule has 0 aliphatic carbocycles. The molecule has 0 unspecified atom stereocenters. The summed E-state index contributed by atoms with van der Waals surface area (Å²) in [5.74, 6) is 0. The third kappa shape index (κ3) is 4.31. The highest BCUT2D eigenvalue weighted by atomic mass is 32.2. The summed E-state index contributed by atoms with van der Waals surface area (Å²) in [5.41, 5.74) is 0.530. The van der Waals surface area contributed by atoms with Crippen LogP contribution in [0.1, 0.15) is 30.2 Å². The summed E-state index contributed by atoms with van der Waals surface area (Å²) >= 11 is 1.37. The molecule has 0 bridgehead atoms. The monoisotopic (exact) mass is 295 g/mol. The SMILES string of the molecule is CCCCc1scc(COCCF)c1S(N)(=O)=O. The van der Waals surface area contributed by atoms with Crippen molar-refractivity contribution in [1.82, 2.24) is 0 Å². The minimum atomic E-state index is -3.75. The molecule has 0 radical (unpaired) electrons. The van der Waals surface area contributed by atoms with Crippen molar-refractivity contribution >= 4 is 21.4 Å². The van der Waals surface area contributed by atoms with Crippen molar-refractivity contribution in [3.8, 4) is 0 Å². The van der Waals surface area contributed by atoms with E-state index in [-0.39, 0.29) is 18.1 Å². The molecular weight excluding hydrogens is 277 g/mol. The number of thiophene rings is 1. The number of aryl methyl sites for hydroxylation is 1. The Hall–Kier alpha value is -0.500. The fraction of sp³-hybridized carbons (Fsp3) is 0.636. The van der Waals surface area contributed by atoms with Crippen molar-refractivity contribution in [3.63, 3.8) is 0 Å². The molecular formula is C11H18FNO3S2. The molecule has 1 aromatic heterocycles. The summed E-state index contributed by atoms with van der Waals surface area (Å²) in [4.78, 5) is 0.929. The molecule has 18 heavy (non-hydrogen) atoms. The van der Waals surface area contributed by atoms with E-state index in [2.05, 4.69) is 0 Å². The van der Waals surface area contributed by atoms with Gasteiger partial charge in [-0.2, -0.15) is 0 Å². The molecule has 0 saturated heterocycles. The van der Waals surface area contributed by atoms with Crippen LogP contribution in [0, 0.1) is 0 Å². The Balaban J connectivity index is 2.93. The highest BCUT2D eigenvalue weighted by Crippen LogP contribution is 2.28. The van der Waals surface area contributed by atoms with Crippen LogP contribution in [0.25, 0.3) is 0 Å². The van der Waals surface area contributed by atoms with Gasteiger partial charge in [-0.15, -0.1) is 11.3 Å². The van der Waals surface area contributed by atoms with E-state index in [9.17, 15) is 12.8 Å². The van der Waals surface area contributed by atoms with Gasteiger partial charge in [0.1, 0.15) is 11.6 Å².